The molecule has 0 spiro atoms. The summed E-state index contributed by atoms with van der Waals surface area (Å²) in [6.07, 6.45) is 36.0. The summed E-state index contributed by atoms with van der Waals surface area (Å²) in [6.45, 7) is 5.06. The predicted molar refractivity (Wildman–Crippen MR) is 160 cm³/mol. The number of hydrogen-bond acceptors (Lipinski definition) is 4. The fraction of sp³-hybridized carbons (Fsp3) is 1.00. The van der Waals surface area contributed by atoms with Crippen molar-refractivity contribution in [2.75, 3.05) is 13.2 Å². The van der Waals surface area contributed by atoms with Gasteiger partial charge in [-0.3, -0.25) is 4.57 Å². The fourth-order valence-electron chi connectivity index (χ4n) is 4.98. The summed E-state index contributed by atoms with van der Waals surface area (Å²) >= 11 is 0. The molecule has 0 heterocycles. The largest absolute Gasteiger partial charge is 2.00 e. The Morgan fingerprint density at radius 1 is 0.395 bits per heavy atom. The van der Waals surface area contributed by atoms with E-state index in [1.165, 1.54) is 154 Å². The van der Waals surface area contributed by atoms with Crippen molar-refractivity contribution in [2.24, 2.45) is 0 Å². The first kappa shape index (κ1) is 40.9. The van der Waals surface area contributed by atoms with Crippen molar-refractivity contribution in [3.05, 3.63) is 0 Å². The standard InChI is InChI=1S/C32H67O4P.Zn/c1-3-5-7-9-11-13-15-17-19-21-23-25-27-29-31-35-37(33,34)36-32-30-28-26-24-22-20-18-16-14-12-10-8-6-4-2;/h3-32H2,1-2H3,(H,33,34);/q;+2/p-1. The van der Waals surface area contributed by atoms with E-state index < -0.39 is 7.82 Å². The molecule has 38 heavy (non-hydrogen) atoms. The van der Waals surface area contributed by atoms with Gasteiger partial charge >= 0.3 is 19.5 Å². The second-order valence-electron chi connectivity index (χ2n) is 11.3. The minimum atomic E-state index is -4.12. The summed E-state index contributed by atoms with van der Waals surface area (Å²) in [4.78, 5) is 11.9. The maximum atomic E-state index is 11.9. The van der Waals surface area contributed by atoms with Crippen LogP contribution in [0.3, 0.4) is 0 Å². The Hall–Kier alpha value is 0.733. The van der Waals surface area contributed by atoms with Crippen molar-refractivity contribution < 1.29 is 38.0 Å². The molecule has 0 aromatic carbocycles. The Balaban J connectivity index is 0. The minimum Gasteiger partial charge on any atom is -0.756 e. The third kappa shape index (κ3) is 34.8. The van der Waals surface area contributed by atoms with Crippen LogP contribution in [-0.4, -0.2) is 13.2 Å². The average molecular weight is 611 g/mol. The van der Waals surface area contributed by atoms with E-state index in [1.54, 1.807) is 0 Å². The number of unbranched alkanes of at least 4 members (excludes halogenated alkanes) is 26. The molecule has 0 rings (SSSR count). The van der Waals surface area contributed by atoms with Crippen molar-refractivity contribution in [3.63, 3.8) is 0 Å². The second-order valence-corrected chi connectivity index (χ2v) is 12.7. The molecule has 0 amide bonds. The Bertz CT molecular complexity index is 440. The monoisotopic (exact) mass is 609 g/mol. The van der Waals surface area contributed by atoms with Crippen LogP contribution in [0, 0.1) is 0 Å². The predicted octanol–water partition coefficient (Wildman–Crippen LogP) is 11.4. The molecule has 0 saturated heterocycles. The molecule has 6 heteroatoms. The molecule has 0 bridgehead atoms. The number of phosphoric acid groups is 1. The van der Waals surface area contributed by atoms with Gasteiger partial charge in [0.25, 0.3) is 7.82 Å². The summed E-state index contributed by atoms with van der Waals surface area (Å²) in [7, 11) is -4.12. The molecule has 0 aliphatic heterocycles. The van der Waals surface area contributed by atoms with E-state index >= 15 is 0 Å². The van der Waals surface area contributed by atoms with E-state index in [4.69, 9.17) is 9.05 Å². The first-order chi connectivity index (χ1) is 18.1. The van der Waals surface area contributed by atoms with Crippen LogP contribution in [0.2, 0.25) is 0 Å². The van der Waals surface area contributed by atoms with Crippen LogP contribution in [0.4, 0.5) is 0 Å². The molecule has 0 aliphatic rings. The summed E-state index contributed by atoms with van der Waals surface area (Å²) in [5.41, 5.74) is 0. The smallest absolute Gasteiger partial charge is 0.756 e. The van der Waals surface area contributed by atoms with Crippen LogP contribution < -0.4 is 4.89 Å². The maximum absolute atomic E-state index is 11.9. The van der Waals surface area contributed by atoms with Gasteiger partial charge in [0.05, 0.1) is 13.2 Å². The van der Waals surface area contributed by atoms with Crippen LogP contribution in [0.15, 0.2) is 0 Å². The molecule has 0 saturated carbocycles. The van der Waals surface area contributed by atoms with Crippen LogP contribution in [0.5, 0.6) is 0 Å². The minimum absolute atomic E-state index is 0. The molecule has 0 aromatic rings. The molecule has 0 unspecified atom stereocenters. The zero-order chi connectivity index (χ0) is 27.1. The van der Waals surface area contributed by atoms with Crippen molar-refractivity contribution in [1.29, 1.82) is 0 Å². The van der Waals surface area contributed by atoms with Gasteiger partial charge in [0.2, 0.25) is 0 Å². The molecule has 4 nitrogen and oxygen atoms in total. The maximum Gasteiger partial charge on any atom is 2.00 e. The first-order valence-corrected chi connectivity index (χ1v) is 18.2. The SMILES string of the molecule is CCCCCCCCCCCCCCCCOP(=O)([O-])OCCCCCCCCCCCCCCCC.[Zn+2]. The molecule has 0 aromatic heterocycles. The van der Waals surface area contributed by atoms with Crippen LogP contribution >= 0.6 is 7.82 Å². The van der Waals surface area contributed by atoms with E-state index in [1.807, 2.05) is 0 Å². The van der Waals surface area contributed by atoms with E-state index in [9.17, 15) is 9.46 Å². The molecule has 224 valence electrons. The number of phosphoric ester groups is 1. The Labute approximate surface area is 252 Å². The van der Waals surface area contributed by atoms with Crippen molar-refractivity contribution in [3.8, 4) is 0 Å². The zero-order valence-electron chi connectivity index (χ0n) is 26.0. The Morgan fingerprint density at radius 3 is 0.789 bits per heavy atom. The van der Waals surface area contributed by atoms with E-state index in [-0.39, 0.29) is 32.7 Å². The molecule has 0 N–H and O–H groups in total. The average Bonchev–Trinajstić information content (AvgIpc) is 2.88. The van der Waals surface area contributed by atoms with Crippen LogP contribution in [0.25, 0.3) is 0 Å². The first-order valence-electron chi connectivity index (χ1n) is 16.7. The topological polar surface area (TPSA) is 58.6 Å². The van der Waals surface area contributed by atoms with Gasteiger partial charge in [0.1, 0.15) is 0 Å². The van der Waals surface area contributed by atoms with Crippen LogP contribution in [-0.2, 0) is 33.1 Å². The van der Waals surface area contributed by atoms with Crippen molar-refractivity contribution in [1.82, 2.24) is 0 Å². The summed E-state index contributed by atoms with van der Waals surface area (Å²) in [5, 5.41) is 0. The quantitative estimate of drug-likeness (QED) is 0.0432. The normalized spacial score (nSPS) is 11.7. The van der Waals surface area contributed by atoms with Gasteiger partial charge in [-0.1, -0.05) is 181 Å². The van der Waals surface area contributed by atoms with Crippen molar-refractivity contribution >= 4 is 7.82 Å². The molecular weight excluding hydrogens is 545 g/mol. The number of hydrogen-bond donors (Lipinski definition) is 0. The Kier molecular flexibility index (Phi) is 36.5. The molecule has 0 atom stereocenters. The molecular formula is C32H66O4PZn+. The summed E-state index contributed by atoms with van der Waals surface area (Å²) in [5.74, 6) is 0. The molecule has 0 radical (unpaired) electrons. The zero-order valence-corrected chi connectivity index (χ0v) is 29.9. The van der Waals surface area contributed by atoms with Gasteiger partial charge in [-0.25, -0.2) is 0 Å². The van der Waals surface area contributed by atoms with Crippen molar-refractivity contribution in [2.45, 2.75) is 194 Å². The fourth-order valence-corrected chi connectivity index (χ4v) is 5.76. The third-order valence-electron chi connectivity index (χ3n) is 7.49. The molecule has 0 aliphatic carbocycles. The van der Waals surface area contributed by atoms with E-state index in [0.29, 0.717) is 0 Å². The van der Waals surface area contributed by atoms with Gasteiger partial charge in [-0.2, -0.15) is 0 Å². The van der Waals surface area contributed by atoms with Gasteiger partial charge in [-0.05, 0) is 12.8 Å². The van der Waals surface area contributed by atoms with Gasteiger partial charge in [0, 0.05) is 0 Å². The van der Waals surface area contributed by atoms with Gasteiger partial charge in [0.15, 0.2) is 0 Å². The van der Waals surface area contributed by atoms with Crippen LogP contribution in [0.1, 0.15) is 194 Å². The summed E-state index contributed by atoms with van der Waals surface area (Å²) in [6, 6.07) is 0. The van der Waals surface area contributed by atoms with E-state index in [2.05, 4.69) is 13.8 Å². The van der Waals surface area contributed by atoms with Gasteiger partial charge in [-0.15, -0.1) is 0 Å². The molecule has 0 fully saturated rings. The second kappa shape index (κ2) is 33.9. The number of rotatable bonds is 32. The third-order valence-corrected chi connectivity index (χ3v) is 8.49. The Morgan fingerprint density at radius 2 is 0.579 bits per heavy atom. The van der Waals surface area contributed by atoms with E-state index in [0.717, 1.165) is 25.7 Å². The summed E-state index contributed by atoms with van der Waals surface area (Å²) < 4.78 is 21.9. The van der Waals surface area contributed by atoms with Gasteiger partial charge < -0.3 is 13.9 Å².